The summed E-state index contributed by atoms with van der Waals surface area (Å²) in [5.74, 6) is 3.02. The number of aromatic nitrogens is 2. The van der Waals surface area contributed by atoms with Crippen molar-refractivity contribution in [1.29, 1.82) is 0 Å². The fraction of sp³-hybridized carbons (Fsp3) is 0.273. The number of carbonyl (C=O) groups is 1. The van der Waals surface area contributed by atoms with Crippen LogP contribution in [0, 0.1) is 20.8 Å². The summed E-state index contributed by atoms with van der Waals surface area (Å²) in [6, 6.07) is 13.9. The highest BCUT2D eigenvalue weighted by atomic mass is 32.2. The van der Waals surface area contributed by atoms with Gasteiger partial charge in [-0.2, -0.15) is 16.9 Å². The van der Waals surface area contributed by atoms with E-state index in [1.165, 1.54) is 5.56 Å². The van der Waals surface area contributed by atoms with Crippen LogP contribution in [0.4, 0.5) is 5.82 Å². The molecule has 2 aromatic carbocycles. The van der Waals surface area contributed by atoms with E-state index in [2.05, 4.69) is 37.4 Å². The van der Waals surface area contributed by atoms with Crippen molar-refractivity contribution in [2.45, 2.75) is 32.3 Å². The maximum atomic E-state index is 12.6. The number of nitrogens with zero attached hydrogens (tertiary/aromatic N) is 2. The molecule has 0 radical (unpaired) electrons. The molecule has 0 spiro atoms. The van der Waals surface area contributed by atoms with Crippen molar-refractivity contribution in [1.82, 2.24) is 9.78 Å². The zero-order chi connectivity index (χ0) is 19.7. The zero-order valence-electron chi connectivity index (χ0n) is 16.3. The average molecular weight is 394 g/mol. The van der Waals surface area contributed by atoms with Gasteiger partial charge in [0, 0.05) is 17.1 Å². The molecule has 0 unspecified atom stereocenters. The fourth-order valence-electron chi connectivity index (χ4n) is 3.39. The van der Waals surface area contributed by atoms with Crippen LogP contribution in [0.1, 0.15) is 27.9 Å². The maximum absolute atomic E-state index is 12.6. The van der Waals surface area contributed by atoms with Gasteiger partial charge >= 0.3 is 0 Å². The number of hydrogen-bond acceptors (Lipinski definition) is 4. The summed E-state index contributed by atoms with van der Waals surface area (Å²) in [7, 11) is 0. The van der Waals surface area contributed by atoms with Crippen LogP contribution in [-0.4, -0.2) is 22.3 Å². The Hall–Kier alpha value is -2.73. The molecule has 0 bridgehead atoms. The van der Waals surface area contributed by atoms with Gasteiger partial charge in [-0.3, -0.25) is 4.79 Å². The molecule has 0 saturated heterocycles. The first-order chi connectivity index (χ1) is 13.5. The van der Waals surface area contributed by atoms with Crippen molar-refractivity contribution in [3.8, 4) is 11.4 Å². The molecule has 0 atom stereocenters. The van der Waals surface area contributed by atoms with Crippen molar-refractivity contribution in [3.05, 3.63) is 70.4 Å². The number of amides is 1. The summed E-state index contributed by atoms with van der Waals surface area (Å²) in [6.07, 6.45) is 0. The lowest BCUT2D eigenvalue weighted by Gasteiger charge is -2.14. The molecular weight excluding hydrogens is 370 g/mol. The van der Waals surface area contributed by atoms with Crippen LogP contribution in [0.3, 0.4) is 0 Å². The van der Waals surface area contributed by atoms with Gasteiger partial charge < -0.3 is 10.1 Å². The molecule has 1 N–H and O–H groups in total. The molecule has 0 saturated carbocycles. The number of thioether (sulfide) groups is 1. The van der Waals surface area contributed by atoms with Gasteiger partial charge in [0.2, 0.25) is 0 Å². The van der Waals surface area contributed by atoms with Crippen LogP contribution in [0.25, 0.3) is 5.69 Å². The monoisotopic (exact) mass is 393 g/mol. The number of hydrogen-bond donors (Lipinski definition) is 1. The van der Waals surface area contributed by atoms with Gasteiger partial charge in [-0.05, 0) is 44.0 Å². The minimum atomic E-state index is -0.186. The van der Waals surface area contributed by atoms with Gasteiger partial charge in [0.1, 0.15) is 11.6 Å². The molecule has 2 heterocycles. The van der Waals surface area contributed by atoms with Crippen molar-refractivity contribution in [3.63, 3.8) is 0 Å². The number of benzene rings is 2. The molecule has 5 nitrogen and oxygen atoms in total. The van der Waals surface area contributed by atoms with Gasteiger partial charge in [-0.25, -0.2) is 4.68 Å². The van der Waals surface area contributed by atoms with Crippen LogP contribution in [-0.2, 0) is 16.3 Å². The van der Waals surface area contributed by atoms with Gasteiger partial charge in [-0.15, -0.1) is 0 Å². The summed E-state index contributed by atoms with van der Waals surface area (Å²) in [4.78, 5) is 12.6. The predicted octanol–water partition coefficient (Wildman–Crippen LogP) is 4.56. The molecule has 144 valence electrons. The minimum Gasteiger partial charge on any atom is -0.483 e. The minimum absolute atomic E-state index is 0.0369. The smallest absolute Gasteiger partial charge is 0.263 e. The van der Waals surface area contributed by atoms with E-state index in [0.29, 0.717) is 0 Å². The Bertz CT molecular complexity index is 1040. The SMILES string of the molecule is Cc1ccc(-n2nc3c(c2NC(=O)COc2ccccc2C)CSC3)c(C)c1. The molecule has 0 aliphatic carbocycles. The number of fused-ring (bicyclic) bond motifs is 1. The topological polar surface area (TPSA) is 56.2 Å². The molecule has 28 heavy (non-hydrogen) atoms. The molecule has 6 heteroatoms. The Morgan fingerprint density at radius 1 is 1.14 bits per heavy atom. The molecule has 3 aromatic rings. The molecule has 1 aliphatic heterocycles. The average Bonchev–Trinajstić information content (AvgIpc) is 3.24. The van der Waals surface area contributed by atoms with Crippen LogP contribution in [0.5, 0.6) is 5.75 Å². The summed E-state index contributed by atoms with van der Waals surface area (Å²) in [5, 5.41) is 7.82. The molecular formula is C22H23N3O2S. The number of anilines is 1. The third-order valence-corrected chi connectivity index (χ3v) is 5.81. The van der Waals surface area contributed by atoms with E-state index >= 15 is 0 Å². The largest absolute Gasteiger partial charge is 0.483 e. The molecule has 1 aromatic heterocycles. The third kappa shape index (κ3) is 3.64. The Morgan fingerprint density at radius 3 is 2.75 bits per heavy atom. The van der Waals surface area contributed by atoms with Crippen LogP contribution < -0.4 is 10.1 Å². The number of nitrogens with one attached hydrogen (secondary N) is 1. The van der Waals surface area contributed by atoms with E-state index in [-0.39, 0.29) is 12.5 Å². The van der Waals surface area contributed by atoms with Crippen LogP contribution >= 0.6 is 11.8 Å². The van der Waals surface area contributed by atoms with Gasteiger partial charge in [0.05, 0.1) is 11.4 Å². The summed E-state index contributed by atoms with van der Waals surface area (Å²) < 4.78 is 7.57. The van der Waals surface area contributed by atoms with Gasteiger partial charge in [0.15, 0.2) is 6.61 Å². The number of para-hydroxylation sites is 1. The van der Waals surface area contributed by atoms with Crippen molar-refractivity contribution < 1.29 is 9.53 Å². The number of rotatable bonds is 5. The Labute approximate surface area is 169 Å². The number of ether oxygens (including phenoxy) is 1. The summed E-state index contributed by atoms with van der Waals surface area (Å²) in [5.41, 5.74) is 6.47. The first-order valence-electron chi connectivity index (χ1n) is 9.27. The molecule has 1 amide bonds. The highest BCUT2D eigenvalue weighted by Gasteiger charge is 2.25. The lowest BCUT2D eigenvalue weighted by atomic mass is 10.1. The van der Waals surface area contributed by atoms with Crippen molar-refractivity contribution in [2.75, 3.05) is 11.9 Å². The maximum Gasteiger partial charge on any atom is 0.263 e. The molecule has 1 aliphatic rings. The van der Waals surface area contributed by atoms with E-state index in [0.717, 1.165) is 51.1 Å². The van der Waals surface area contributed by atoms with Gasteiger partial charge in [0.25, 0.3) is 5.91 Å². The van der Waals surface area contributed by atoms with Crippen molar-refractivity contribution >= 4 is 23.5 Å². The second-order valence-electron chi connectivity index (χ2n) is 7.07. The predicted molar refractivity (Wildman–Crippen MR) is 113 cm³/mol. The standard InChI is InChI=1S/C22H23N3O2S/c1-14-8-9-19(16(3)10-14)25-22(17-12-28-13-18(17)24-25)23-21(26)11-27-20-7-5-4-6-15(20)2/h4-10H,11-13H2,1-3H3,(H,23,26). The van der Waals surface area contributed by atoms with Crippen LogP contribution in [0.2, 0.25) is 0 Å². The molecule has 4 rings (SSSR count). The summed E-state index contributed by atoms with van der Waals surface area (Å²) in [6.45, 7) is 6.07. The Morgan fingerprint density at radius 2 is 1.96 bits per heavy atom. The van der Waals surface area contributed by atoms with E-state index in [1.807, 2.05) is 47.6 Å². The highest BCUT2D eigenvalue weighted by molar-refractivity contribution is 7.98. The second kappa shape index (κ2) is 7.72. The van der Waals surface area contributed by atoms with Crippen molar-refractivity contribution in [2.24, 2.45) is 0 Å². The zero-order valence-corrected chi connectivity index (χ0v) is 17.1. The molecule has 0 fully saturated rings. The first-order valence-corrected chi connectivity index (χ1v) is 10.4. The van der Waals surface area contributed by atoms with E-state index in [9.17, 15) is 4.79 Å². The summed E-state index contributed by atoms with van der Waals surface area (Å²) >= 11 is 1.82. The van der Waals surface area contributed by atoms with E-state index in [1.54, 1.807) is 0 Å². The lowest BCUT2D eigenvalue weighted by Crippen LogP contribution is -2.23. The van der Waals surface area contributed by atoms with Gasteiger partial charge in [-0.1, -0.05) is 35.9 Å². The first kappa shape index (κ1) is 18.6. The quantitative estimate of drug-likeness (QED) is 0.690. The second-order valence-corrected chi connectivity index (χ2v) is 8.06. The van der Waals surface area contributed by atoms with Crippen LogP contribution in [0.15, 0.2) is 42.5 Å². The van der Waals surface area contributed by atoms with E-state index < -0.39 is 0 Å². The Balaban J connectivity index is 1.59. The Kier molecular flexibility index (Phi) is 5.13. The lowest BCUT2D eigenvalue weighted by molar-refractivity contribution is -0.118. The fourth-order valence-corrected chi connectivity index (χ4v) is 4.42. The number of carbonyl (C=O) groups excluding carboxylic acids is 1. The normalized spacial score (nSPS) is 12.7. The number of aryl methyl sites for hydroxylation is 3. The van der Waals surface area contributed by atoms with E-state index in [4.69, 9.17) is 9.84 Å². The highest BCUT2D eigenvalue weighted by Crippen LogP contribution is 2.36. The third-order valence-electron chi connectivity index (χ3n) is 4.84.